The van der Waals surface area contributed by atoms with Crippen molar-refractivity contribution >= 4 is 0 Å². The molecular formula is C20H33FN2. The molecule has 0 bridgehead atoms. The van der Waals surface area contributed by atoms with Gasteiger partial charge in [0.15, 0.2) is 0 Å². The third kappa shape index (κ3) is 4.73. The van der Waals surface area contributed by atoms with Gasteiger partial charge in [-0.1, -0.05) is 33.9 Å². The van der Waals surface area contributed by atoms with E-state index in [2.05, 4.69) is 58.1 Å². The first kappa shape index (κ1) is 19.5. The number of rotatable bonds is 7. The van der Waals surface area contributed by atoms with Crippen LogP contribution < -0.4 is 5.32 Å². The molecule has 1 N–H and O–H groups in total. The standard InChI is InChI=1S/C20H33FN2/c1-9-18(21)11-17-12-19(16(7)23(8)15(17)6)14(5)22-20(10-2)13(3)4/h9,11,13,16,19-20,22H,1,5,10,12H2,2-4,6-8H3/b18-11+. The Labute approximate surface area is 141 Å². The van der Waals surface area contributed by atoms with Gasteiger partial charge in [0.1, 0.15) is 5.83 Å². The maximum absolute atomic E-state index is 13.7. The third-order valence-corrected chi connectivity index (χ3v) is 5.20. The summed E-state index contributed by atoms with van der Waals surface area (Å²) in [4.78, 5) is 2.22. The van der Waals surface area contributed by atoms with Gasteiger partial charge in [-0.2, -0.15) is 0 Å². The van der Waals surface area contributed by atoms with Crippen LogP contribution in [-0.4, -0.2) is 24.0 Å². The number of hydrogen-bond donors (Lipinski definition) is 1. The van der Waals surface area contributed by atoms with Gasteiger partial charge in [-0.15, -0.1) is 0 Å². The smallest absolute Gasteiger partial charge is 0.122 e. The van der Waals surface area contributed by atoms with Gasteiger partial charge < -0.3 is 10.2 Å². The number of nitrogens with one attached hydrogen (secondary N) is 1. The first-order valence-corrected chi connectivity index (χ1v) is 8.60. The van der Waals surface area contributed by atoms with Gasteiger partial charge in [-0.05, 0) is 50.3 Å². The molecule has 3 atom stereocenters. The monoisotopic (exact) mass is 320 g/mol. The number of halogens is 1. The average Bonchev–Trinajstić information content (AvgIpc) is 2.52. The fourth-order valence-electron chi connectivity index (χ4n) is 3.25. The number of allylic oxidation sites excluding steroid dienone is 5. The Morgan fingerprint density at radius 3 is 2.57 bits per heavy atom. The quantitative estimate of drug-likeness (QED) is 0.650. The summed E-state index contributed by atoms with van der Waals surface area (Å²) in [5, 5.41) is 3.61. The van der Waals surface area contributed by atoms with Crippen LogP contribution in [0.5, 0.6) is 0 Å². The Hall–Kier alpha value is -1.51. The Bertz CT molecular complexity index is 502. The van der Waals surface area contributed by atoms with Gasteiger partial charge >= 0.3 is 0 Å². The fourth-order valence-corrected chi connectivity index (χ4v) is 3.25. The van der Waals surface area contributed by atoms with Gasteiger partial charge in [0.2, 0.25) is 0 Å². The van der Waals surface area contributed by atoms with E-state index < -0.39 is 0 Å². The molecule has 0 aliphatic carbocycles. The van der Waals surface area contributed by atoms with Crippen molar-refractivity contribution in [1.82, 2.24) is 10.2 Å². The molecule has 130 valence electrons. The lowest BCUT2D eigenvalue weighted by molar-refractivity contribution is 0.222. The molecule has 0 fully saturated rings. The Morgan fingerprint density at radius 1 is 1.48 bits per heavy atom. The van der Waals surface area contributed by atoms with Crippen LogP contribution in [0.25, 0.3) is 0 Å². The molecular weight excluding hydrogens is 287 g/mol. The van der Waals surface area contributed by atoms with Gasteiger partial charge in [-0.3, -0.25) is 0 Å². The van der Waals surface area contributed by atoms with Gasteiger partial charge in [0.25, 0.3) is 0 Å². The summed E-state index contributed by atoms with van der Waals surface area (Å²) in [6, 6.07) is 0.763. The topological polar surface area (TPSA) is 15.3 Å². The van der Waals surface area contributed by atoms with Crippen LogP contribution in [0, 0.1) is 11.8 Å². The predicted octanol–water partition coefficient (Wildman–Crippen LogP) is 5.18. The van der Waals surface area contributed by atoms with Crippen LogP contribution in [0.2, 0.25) is 0 Å². The molecule has 0 spiro atoms. The summed E-state index contributed by atoms with van der Waals surface area (Å²) < 4.78 is 13.7. The Morgan fingerprint density at radius 2 is 2.09 bits per heavy atom. The summed E-state index contributed by atoms with van der Waals surface area (Å²) in [5.74, 6) is 0.539. The van der Waals surface area contributed by atoms with E-state index in [1.807, 2.05) is 6.92 Å². The van der Waals surface area contributed by atoms with Crippen molar-refractivity contribution in [3.8, 4) is 0 Å². The molecule has 1 heterocycles. The van der Waals surface area contributed by atoms with Gasteiger partial charge in [0.05, 0.1) is 0 Å². The average molecular weight is 320 g/mol. The number of nitrogens with zero attached hydrogens (tertiary/aromatic N) is 1. The second-order valence-corrected chi connectivity index (χ2v) is 6.93. The second-order valence-electron chi connectivity index (χ2n) is 6.93. The molecule has 3 unspecified atom stereocenters. The summed E-state index contributed by atoms with van der Waals surface area (Å²) in [6.07, 6.45) is 4.73. The second kappa shape index (κ2) is 8.37. The molecule has 1 aliphatic heterocycles. The predicted molar refractivity (Wildman–Crippen MR) is 98.6 cm³/mol. The normalized spacial score (nSPS) is 24.0. The van der Waals surface area contributed by atoms with E-state index in [1.165, 1.54) is 6.08 Å². The summed E-state index contributed by atoms with van der Waals surface area (Å²) in [6.45, 7) is 18.7. The lowest BCUT2D eigenvalue weighted by atomic mass is 9.84. The third-order valence-electron chi connectivity index (χ3n) is 5.20. The highest BCUT2D eigenvalue weighted by molar-refractivity contribution is 5.33. The summed E-state index contributed by atoms with van der Waals surface area (Å²) in [5.41, 5.74) is 3.20. The van der Waals surface area contributed by atoms with Crippen molar-refractivity contribution in [1.29, 1.82) is 0 Å². The molecule has 0 aromatic carbocycles. The van der Waals surface area contributed by atoms with E-state index in [0.29, 0.717) is 18.0 Å². The maximum atomic E-state index is 13.7. The van der Waals surface area contributed by atoms with E-state index in [-0.39, 0.29) is 11.7 Å². The number of hydrogen-bond acceptors (Lipinski definition) is 2. The van der Waals surface area contributed by atoms with Crippen molar-refractivity contribution < 1.29 is 4.39 Å². The molecule has 23 heavy (non-hydrogen) atoms. The van der Waals surface area contributed by atoms with Crippen LogP contribution in [0.1, 0.15) is 47.5 Å². The highest BCUT2D eigenvalue weighted by Gasteiger charge is 2.31. The minimum absolute atomic E-state index is 0.264. The van der Waals surface area contributed by atoms with Crippen molar-refractivity contribution in [3.05, 3.63) is 48.1 Å². The summed E-state index contributed by atoms with van der Waals surface area (Å²) in [7, 11) is 2.07. The minimum atomic E-state index is -0.284. The first-order chi connectivity index (χ1) is 10.7. The van der Waals surface area contributed by atoms with Gasteiger partial charge in [0, 0.05) is 36.4 Å². The van der Waals surface area contributed by atoms with E-state index in [1.54, 1.807) is 6.08 Å². The van der Waals surface area contributed by atoms with Crippen molar-refractivity contribution in [2.45, 2.75) is 59.5 Å². The maximum Gasteiger partial charge on any atom is 0.122 e. The molecule has 0 aromatic heterocycles. The molecule has 0 saturated carbocycles. The van der Waals surface area contributed by atoms with Gasteiger partial charge in [-0.25, -0.2) is 4.39 Å². The summed E-state index contributed by atoms with van der Waals surface area (Å²) >= 11 is 0. The molecule has 0 radical (unpaired) electrons. The lowest BCUT2D eigenvalue weighted by Gasteiger charge is -2.42. The van der Waals surface area contributed by atoms with Crippen LogP contribution in [-0.2, 0) is 0 Å². The van der Waals surface area contributed by atoms with E-state index in [9.17, 15) is 4.39 Å². The van der Waals surface area contributed by atoms with E-state index in [0.717, 1.165) is 29.8 Å². The minimum Gasteiger partial charge on any atom is -0.386 e. The fraction of sp³-hybridized carbons (Fsp3) is 0.600. The van der Waals surface area contributed by atoms with Crippen LogP contribution in [0.3, 0.4) is 0 Å². The first-order valence-electron chi connectivity index (χ1n) is 8.60. The molecule has 0 amide bonds. The largest absolute Gasteiger partial charge is 0.386 e. The SMILES string of the molecule is C=C/C(F)=C\C1=C(C)N(C)C(C)C(C(=C)NC(CC)C(C)C)C1. The Kier molecular flexibility index (Phi) is 7.11. The van der Waals surface area contributed by atoms with Crippen LogP contribution in [0.4, 0.5) is 4.39 Å². The Balaban J connectivity index is 3.00. The van der Waals surface area contributed by atoms with Crippen molar-refractivity contribution in [2.24, 2.45) is 11.8 Å². The van der Waals surface area contributed by atoms with Crippen LogP contribution >= 0.6 is 0 Å². The van der Waals surface area contributed by atoms with Crippen molar-refractivity contribution in [2.75, 3.05) is 7.05 Å². The molecule has 1 aliphatic rings. The highest BCUT2D eigenvalue weighted by Crippen LogP contribution is 2.35. The van der Waals surface area contributed by atoms with Crippen molar-refractivity contribution in [3.63, 3.8) is 0 Å². The molecule has 0 aromatic rings. The molecule has 0 saturated heterocycles. The van der Waals surface area contributed by atoms with E-state index >= 15 is 0 Å². The van der Waals surface area contributed by atoms with E-state index in [4.69, 9.17) is 0 Å². The zero-order valence-corrected chi connectivity index (χ0v) is 15.6. The zero-order valence-electron chi connectivity index (χ0n) is 15.6. The lowest BCUT2D eigenvalue weighted by Crippen LogP contribution is -2.44. The van der Waals surface area contributed by atoms with Crippen LogP contribution in [0.15, 0.2) is 48.1 Å². The zero-order chi connectivity index (χ0) is 17.7. The highest BCUT2D eigenvalue weighted by atomic mass is 19.1. The molecule has 3 heteroatoms. The molecule has 2 nitrogen and oxygen atoms in total. The molecule has 1 rings (SSSR count).